The van der Waals surface area contributed by atoms with Crippen molar-refractivity contribution in [1.29, 1.82) is 0 Å². The van der Waals surface area contributed by atoms with E-state index < -0.39 is 23.2 Å². The van der Waals surface area contributed by atoms with E-state index in [1.807, 2.05) is 0 Å². The maximum Gasteiger partial charge on any atom is 0.416 e. The second-order valence-electron chi connectivity index (χ2n) is 5.08. The number of benzene rings is 1. The number of carbonyl (C=O) groups is 1. The smallest absolute Gasteiger partial charge is 0.394 e. The second-order valence-corrected chi connectivity index (χ2v) is 5.08. The summed E-state index contributed by atoms with van der Waals surface area (Å²) in [5.41, 5.74) is -1.78. The first-order valence-electron chi connectivity index (χ1n) is 6.55. The lowest BCUT2D eigenvalue weighted by Crippen LogP contribution is -2.54. The summed E-state index contributed by atoms with van der Waals surface area (Å²) in [6, 6.07) is 4.22. The Bertz CT molecular complexity index is 510. The molecule has 4 nitrogen and oxygen atoms in total. The Labute approximate surface area is 119 Å². The van der Waals surface area contributed by atoms with E-state index in [0.29, 0.717) is 26.1 Å². The van der Waals surface area contributed by atoms with Crippen molar-refractivity contribution < 1.29 is 27.8 Å². The Morgan fingerprint density at radius 1 is 1.33 bits per heavy atom. The van der Waals surface area contributed by atoms with Crippen LogP contribution in [-0.4, -0.2) is 36.4 Å². The minimum Gasteiger partial charge on any atom is -0.394 e. The van der Waals surface area contributed by atoms with E-state index in [-0.39, 0.29) is 12.2 Å². The van der Waals surface area contributed by atoms with Crippen molar-refractivity contribution in [1.82, 2.24) is 5.32 Å². The molecule has 1 saturated heterocycles. The first-order chi connectivity index (χ1) is 9.86. The number of alkyl halides is 3. The van der Waals surface area contributed by atoms with E-state index in [9.17, 15) is 23.1 Å². The molecule has 0 atom stereocenters. The highest BCUT2D eigenvalue weighted by molar-refractivity contribution is 5.94. The van der Waals surface area contributed by atoms with E-state index in [0.717, 1.165) is 12.1 Å². The first-order valence-corrected chi connectivity index (χ1v) is 6.55. The van der Waals surface area contributed by atoms with Crippen molar-refractivity contribution in [2.75, 3.05) is 19.8 Å². The van der Waals surface area contributed by atoms with Crippen LogP contribution in [0.25, 0.3) is 0 Å². The van der Waals surface area contributed by atoms with Crippen LogP contribution in [0.2, 0.25) is 0 Å². The van der Waals surface area contributed by atoms with Gasteiger partial charge in [0.15, 0.2) is 0 Å². The summed E-state index contributed by atoms with van der Waals surface area (Å²) in [6.45, 7) is 0.508. The zero-order chi connectivity index (χ0) is 15.5. The Morgan fingerprint density at radius 3 is 2.57 bits per heavy atom. The lowest BCUT2D eigenvalue weighted by Gasteiger charge is -2.36. The average Bonchev–Trinajstić information content (AvgIpc) is 2.47. The fourth-order valence-electron chi connectivity index (χ4n) is 2.23. The van der Waals surface area contributed by atoms with Crippen LogP contribution in [0.5, 0.6) is 0 Å². The third-order valence-corrected chi connectivity index (χ3v) is 3.58. The summed E-state index contributed by atoms with van der Waals surface area (Å²) in [6.07, 6.45) is -3.65. The molecule has 1 aliphatic rings. The molecule has 1 heterocycles. The minimum atomic E-state index is -4.50. The van der Waals surface area contributed by atoms with Crippen LogP contribution in [0.15, 0.2) is 24.3 Å². The van der Waals surface area contributed by atoms with Gasteiger partial charge >= 0.3 is 6.18 Å². The predicted molar refractivity (Wildman–Crippen MR) is 68.8 cm³/mol. The lowest BCUT2D eigenvalue weighted by atomic mass is 9.90. The van der Waals surface area contributed by atoms with E-state index in [1.165, 1.54) is 12.1 Å². The van der Waals surface area contributed by atoms with Crippen molar-refractivity contribution in [2.24, 2.45) is 0 Å². The molecule has 1 aromatic rings. The van der Waals surface area contributed by atoms with Gasteiger partial charge in [0.25, 0.3) is 5.91 Å². The monoisotopic (exact) mass is 303 g/mol. The molecule has 1 aromatic carbocycles. The van der Waals surface area contributed by atoms with Gasteiger partial charge in [-0.2, -0.15) is 13.2 Å². The van der Waals surface area contributed by atoms with Crippen LogP contribution in [0.3, 0.4) is 0 Å². The van der Waals surface area contributed by atoms with E-state index in [1.54, 1.807) is 0 Å². The average molecular weight is 303 g/mol. The fourth-order valence-corrected chi connectivity index (χ4v) is 2.23. The maximum absolute atomic E-state index is 12.6. The SMILES string of the molecule is O=C(NC1(CO)CCOCC1)c1cccc(C(F)(F)F)c1. The minimum absolute atomic E-state index is 0.0795. The van der Waals surface area contributed by atoms with Gasteiger partial charge in [-0.3, -0.25) is 4.79 Å². The summed E-state index contributed by atoms with van der Waals surface area (Å²) in [4.78, 5) is 12.1. The van der Waals surface area contributed by atoms with Gasteiger partial charge in [-0.15, -0.1) is 0 Å². The number of aliphatic hydroxyl groups excluding tert-OH is 1. The number of aliphatic hydroxyl groups is 1. The van der Waals surface area contributed by atoms with Crippen molar-refractivity contribution in [3.63, 3.8) is 0 Å². The van der Waals surface area contributed by atoms with Crippen molar-refractivity contribution in [2.45, 2.75) is 24.6 Å². The third-order valence-electron chi connectivity index (χ3n) is 3.58. The molecule has 2 rings (SSSR count). The topological polar surface area (TPSA) is 58.6 Å². The molecule has 1 aliphatic heterocycles. The molecule has 2 N–H and O–H groups in total. The number of rotatable bonds is 3. The molecule has 0 aromatic heterocycles. The van der Waals surface area contributed by atoms with Crippen LogP contribution in [0, 0.1) is 0 Å². The molecule has 1 fully saturated rings. The summed E-state index contributed by atoms with van der Waals surface area (Å²) >= 11 is 0. The standard InChI is InChI=1S/C14H16F3NO3/c15-14(16,17)11-3-1-2-10(8-11)12(20)18-13(9-19)4-6-21-7-5-13/h1-3,8,19H,4-7,9H2,(H,18,20). The number of nitrogens with one attached hydrogen (secondary N) is 1. The molecule has 0 aliphatic carbocycles. The Kier molecular flexibility index (Phi) is 4.53. The van der Waals surface area contributed by atoms with Gasteiger partial charge in [-0.25, -0.2) is 0 Å². The Balaban J connectivity index is 2.16. The van der Waals surface area contributed by atoms with Crippen LogP contribution in [-0.2, 0) is 10.9 Å². The number of halogens is 3. The van der Waals surface area contributed by atoms with Gasteiger partial charge < -0.3 is 15.2 Å². The van der Waals surface area contributed by atoms with Crippen molar-refractivity contribution in [3.05, 3.63) is 35.4 Å². The highest BCUT2D eigenvalue weighted by atomic mass is 19.4. The van der Waals surface area contributed by atoms with Crippen LogP contribution in [0.4, 0.5) is 13.2 Å². The molecule has 7 heteroatoms. The maximum atomic E-state index is 12.6. The molecule has 0 saturated carbocycles. The Hall–Kier alpha value is -1.60. The third kappa shape index (κ3) is 3.74. The normalized spacial score (nSPS) is 18.3. The summed E-state index contributed by atoms with van der Waals surface area (Å²) < 4.78 is 43.1. The summed E-state index contributed by atoms with van der Waals surface area (Å²) in [7, 11) is 0. The number of amides is 1. The molecule has 0 radical (unpaired) electrons. The lowest BCUT2D eigenvalue weighted by molar-refractivity contribution is -0.137. The van der Waals surface area contributed by atoms with E-state index >= 15 is 0 Å². The van der Waals surface area contributed by atoms with Gasteiger partial charge in [0.1, 0.15) is 0 Å². The molecule has 0 bridgehead atoms. The Morgan fingerprint density at radius 2 is 2.00 bits per heavy atom. The molecule has 1 amide bonds. The van der Waals surface area contributed by atoms with Gasteiger partial charge in [-0.1, -0.05) is 6.07 Å². The zero-order valence-electron chi connectivity index (χ0n) is 11.2. The molecule has 21 heavy (non-hydrogen) atoms. The van der Waals surface area contributed by atoms with Crippen LogP contribution >= 0.6 is 0 Å². The number of carbonyl (C=O) groups excluding carboxylic acids is 1. The molecular weight excluding hydrogens is 287 g/mol. The van der Waals surface area contributed by atoms with Gasteiger partial charge in [-0.05, 0) is 31.0 Å². The van der Waals surface area contributed by atoms with E-state index in [2.05, 4.69) is 5.32 Å². The van der Waals surface area contributed by atoms with Crippen molar-refractivity contribution >= 4 is 5.91 Å². The highest BCUT2D eigenvalue weighted by Gasteiger charge is 2.35. The van der Waals surface area contributed by atoms with Gasteiger partial charge in [0, 0.05) is 18.8 Å². The number of ether oxygens (including phenoxy) is 1. The zero-order valence-corrected chi connectivity index (χ0v) is 11.2. The van der Waals surface area contributed by atoms with Crippen LogP contribution in [0.1, 0.15) is 28.8 Å². The second kappa shape index (κ2) is 6.03. The van der Waals surface area contributed by atoms with E-state index in [4.69, 9.17) is 4.74 Å². The number of hydrogen-bond donors (Lipinski definition) is 2. The highest BCUT2D eigenvalue weighted by Crippen LogP contribution is 2.29. The van der Waals surface area contributed by atoms with Gasteiger partial charge in [0.2, 0.25) is 0 Å². The summed E-state index contributed by atoms with van der Waals surface area (Å²) in [5.74, 6) is -0.628. The van der Waals surface area contributed by atoms with Gasteiger partial charge in [0.05, 0.1) is 17.7 Å². The fraction of sp³-hybridized carbons (Fsp3) is 0.500. The quantitative estimate of drug-likeness (QED) is 0.897. The largest absolute Gasteiger partial charge is 0.416 e. The molecule has 0 spiro atoms. The van der Waals surface area contributed by atoms with Crippen molar-refractivity contribution in [3.8, 4) is 0 Å². The molecule has 116 valence electrons. The molecular formula is C14H16F3NO3. The predicted octanol–water partition coefficient (Wildman–Crippen LogP) is 1.98. The van der Waals surface area contributed by atoms with Crippen LogP contribution < -0.4 is 5.32 Å². The summed E-state index contributed by atoms with van der Waals surface area (Å²) in [5, 5.41) is 12.1. The number of hydrogen-bond acceptors (Lipinski definition) is 3. The molecule has 0 unspecified atom stereocenters. The first kappa shape index (κ1) is 15.8.